The molecule has 0 saturated carbocycles. The Hall–Kier alpha value is -1.23. The molecular formula is C11H23N5. The van der Waals surface area contributed by atoms with Crippen LogP contribution in [0, 0.1) is 5.92 Å². The van der Waals surface area contributed by atoms with Gasteiger partial charge in [0.15, 0.2) is 5.82 Å². The third kappa shape index (κ3) is 3.41. The largest absolute Gasteiger partial charge is 0.394 e. The van der Waals surface area contributed by atoms with Crippen LogP contribution in [0.25, 0.3) is 0 Å². The first kappa shape index (κ1) is 12.8. The van der Waals surface area contributed by atoms with E-state index in [0.29, 0.717) is 17.6 Å². The molecule has 5 heteroatoms. The molecule has 1 unspecified atom stereocenters. The van der Waals surface area contributed by atoms with Gasteiger partial charge >= 0.3 is 0 Å². The molecule has 0 spiro atoms. The fraction of sp³-hybridized carbons (Fsp3) is 0.727. The summed E-state index contributed by atoms with van der Waals surface area (Å²) in [5.74, 6) is 1.31. The second-order valence-corrected chi connectivity index (χ2v) is 4.86. The molecule has 0 radical (unpaired) electrons. The lowest BCUT2D eigenvalue weighted by atomic mass is 10.0. The van der Waals surface area contributed by atoms with E-state index in [1.54, 1.807) is 4.68 Å². The summed E-state index contributed by atoms with van der Waals surface area (Å²) in [6.07, 6.45) is 1.81. The summed E-state index contributed by atoms with van der Waals surface area (Å²) in [7, 11) is 6.01. The van der Waals surface area contributed by atoms with Crippen LogP contribution in [-0.4, -0.2) is 41.4 Å². The lowest BCUT2D eigenvalue weighted by Gasteiger charge is -2.25. The lowest BCUT2D eigenvalue weighted by Crippen LogP contribution is -2.36. The van der Waals surface area contributed by atoms with Gasteiger partial charge in [-0.15, -0.1) is 0 Å². The van der Waals surface area contributed by atoms with E-state index in [9.17, 15) is 0 Å². The maximum Gasteiger partial charge on any atom is 0.171 e. The Bertz CT molecular complexity index is 329. The number of nitrogens with zero attached hydrogens (tertiary/aromatic N) is 3. The van der Waals surface area contributed by atoms with Gasteiger partial charge in [-0.2, -0.15) is 5.10 Å². The van der Waals surface area contributed by atoms with Gasteiger partial charge in [0.1, 0.15) is 0 Å². The van der Waals surface area contributed by atoms with Crippen LogP contribution in [0.1, 0.15) is 13.8 Å². The minimum atomic E-state index is 0.354. The molecule has 16 heavy (non-hydrogen) atoms. The normalized spacial score (nSPS) is 13.4. The number of hydrogen-bond donors (Lipinski definition) is 2. The number of nitrogen functional groups attached to an aromatic ring is 1. The highest BCUT2D eigenvalue weighted by molar-refractivity contribution is 5.60. The first-order chi connectivity index (χ1) is 7.40. The molecule has 92 valence electrons. The average Bonchev–Trinajstić information content (AvgIpc) is 2.43. The minimum absolute atomic E-state index is 0.354. The van der Waals surface area contributed by atoms with Crippen molar-refractivity contribution >= 4 is 11.5 Å². The molecule has 1 heterocycles. The Labute approximate surface area is 97.6 Å². The summed E-state index contributed by atoms with van der Waals surface area (Å²) in [5.41, 5.74) is 6.56. The van der Waals surface area contributed by atoms with Gasteiger partial charge in [0.25, 0.3) is 0 Å². The predicted molar refractivity (Wildman–Crippen MR) is 68.4 cm³/mol. The van der Waals surface area contributed by atoms with Crippen LogP contribution in [-0.2, 0) is 7.05 Å². The van der Waals surface area contributed by atoms with Gasteiger partial charge in [0.05, 0.1) is 5.69 Å². The monoisotopic (exact) mass is 225 g/mol. The van der Waals surface area contributed by atoms with Crippen LogP contribution in [0.3, 0.4) is 0 Å². The zero-order valence-corrected chi connectivity index (χ0v) is 10.9. The van der Waals surface area contributed by atoms with Gasteiger partial charge in [-0.3, -0.25) is 4.68 Å². The van der Waals surface area contributed by atoms with E-state index in [0.717, 1.165) is 12.4 Å². The number of rotatable bonds is 5. The number of hydrogen-bond acceptors (Lipinski definition) is 4. The highest BCUT2D eigenvalue weighted by Crippen LogP contribution is 2.18. The van der Waals surface area contributed by atoms with E-state index in [1.807, 2.05) is 13.2 Å². The van der Waals surface area contributed by atoms with Crippen molar-refractivity contribution in [2.24, 2.45) is 13.0 Å². The van der Waals surface area contributed by atoms with Crippen molar-refractivity contribution in [3.8, 4) is 0 Å². The third-order valence-electron chi connectivity index (χ3n) is 2.55. The van der Waals surface area contributed by atoms with Crippen LogP contribution < -0.4 is 11.1 Å². The number of likely N-dealkylation sites (N-methyl/N-ethyl adjacent to an activating group) is 1. The first-order valence-electron chi connectivity index (χ1n) is 5.60. The van der Waals surface area contributed by atoms with Crippen LogP contribution >= 0.6 is 0 Å². The highest BCUT2D eigenvalue weighted by Gasteiger charge is 2.16. The molecule has 0 aliphatic rings. The van der Waals surface area contributed by atoms with Crippen molar-refractivity contribution in [3.63, 3.8) is 0 Å². The molecule has 1 aromatic rings. The summed E-state index contributed by atoms with van der Waals surface area (Å²) < 4.78 is 1.73. The molecule has 1 aromatic heterocycles. The van der Waals surface area contributed by atoms with Gasteiger partial charge in [-0.25, -0.2) is 0 Å². The van der Waals surface area contributed by atoms with E-state index in [-0.39, 0.29) is 0 Å². The van der Waals surface area contributed by atoms with Crippen molar-refractivity contribution in [2.45, 2.75) is 19.9 Å². The Morgan fingerprint density at radius 2 is 2.12 bits per heavy atom. The maximum atomic E-state index is 5.86. The van der Waals surface area contributed by atoms with Crippen LogP contribution in [0.2, 0.25) is 0 Å². The van der Waals surface area contributed by atoms with E-state index in [2.05, 4.69) is 43.3 Å². The number of aromatic nitrogens is 2. The third-order valence-corrected chi connectivity index (χ3v) is 2.55. The number of nitrogens with one attached hydrogen (secondary N) is 1. The molecular weight excluding hydrogens is 202 g/mol. The van der Waals surface area contributed by atoms with E-state index in [4.69, 9.17) is 5.73 Å². The molecule has 0 aliphatic heterocycles. The smallest absolute Gasteiger partial charge is 0.171 e. The summed E-state index contributed by atoms with van der Waals surface area (Å²) in [4.78, 5) is 2.16. The molecule has 0 aliphatic carbocycles. The lowest BCUT2D eigenvalue weighted by molar-refractivity contribution is 0.344. The molecule has 5 nitrogen and oxygen atoms in total. The van der Waals surface area contributed by atoms with Gasteiger partial charge in [0.2, 0.25) is 0 Å². The summed E-state index contributed by atoms with van der Waals surface area (Å²) in [5, 5.41) is 7.70. The molecule has 0 fully saturated rings. The summed E-state index contributed by atoms with van der Waals surface area (Å²) >= 11 is 0. The summed E-state index contributed by atoms with van der Waals surface area (Å²) in [6.45, 7) is 5.36. The van der Waals surface area contributed by atoms with Gasteiger partial charge < -0.3 is 16.0 Å². The fourth-order valence-corrected chi connectivity index (χ4v) is 1.61. The number of aryl methyl sites for hydroxylation is 1. The van der Waals surface area contributed by atoms with E-state index in [1.165, 1.54) is 0 Å². The van der Waals surface area contributed by atoms with Crippen LogP contribution in [0.5, 0.6) is 0 Å². The molecule has 1 rings (SSSR count). The second-order valence-electron chi connectivity index (χ2n) is 4.86. The minimum Gasteiger partial charge on any atom is -0.394 e. The van der Waals surface area contributed by atoms with Crippen molar-refractivity contribution < 1.29 is 0 Å². The van der Waals surface area contributed by atoms with Crippen molar-refractivity contribution in [1.29, 1.82) is 0 Å². The zero-order valence-electron chi connectivity index (χ0n) is 10.9. The predicted octanol–water partition coefficient (Wildman–Crippen LogP) is 1.00. The van der Waals surface area contributed by atoms with E-state index >= 15 is 0 Å². The molecule has 0 saturated heterocycles. The zero-order chi connectivity index (χ0) is 12.3. The highest BCUT2D eigenvalue weighted by atomic mass is 15.3. The Morgan fingerprint density at radius 3 is 2.50 bits per heavy atom. The van der Waals surface area contributed by atoms with Gasteiger partial charge in [-0.05, 0) is 20.0 Å². The SMILES string of the molecule is CC(C)C(CN(C)C)Nc1nn(C)cc1N. The maximum absolute atomic E-state index is 5.86. The molecule has 0 amide bonds. The first-order valence-corrected chi connectivity index (χ1v) is 5.60. The van der Waals surface area contributed by atoms with Gasteiger partial charge in [-0.1, -0.05) is 13.8 Å². The quantitative estimate of drug-likeness (QED) is 0.785. The molecule has 0 aromatic carbocycles. The van der Waals surface area contributed by atoms with Crippen molar-refractivity contribution in [1.82, 2.24) is 14.7 Å². The Kier molecular flexibility index (Phi) is 4.18. The molecule has 3 N–H and O–H groups in total. The number of nitrogens with two attached hydrogens (primary N) is 1. The van der Waals surface area contributed by atoms with Crippen molar-refractivity contribution in [2.75, 3.05) is 31.7 Å². The Balaban J connectivity index is 2.71. The molecule has 1 atom stereocenters. The Morgan fingerprint density at radius 1 is 1.50 bits per heavy atom. The van der Waals surface area contributed by atoms with Crippen molar-refractivity contribution in [3.05, 3.63) is 6.20 Å². The van der Waals surface area contributed by atoms with Crippen LogP contribution in [0.15, 0.2) is 6.20 Å². The standard InChI is InChI=1S/C11H23N5/c1-8(2)10(7-15(3)4)13-11-9(12)6-16(5)14-11/h6,8,10H,7,12H2,1-5H3,(H,13,14). The van der Waals surface area contributed by atoms with E-state index < -0.39 is 0 Å². The fourth-order valence-electron chi connectivity index (χ4n) is 1.61. The topological polar surface area (TPSA) is 59.1 Å². The molecule has 0 bridgehead atoms. The van der Waals surface area contributed by atoms with Gasteiger partial charge in [0, 0.05) is 25.8 Å². The summed E-state index contributed by atoms with van der Waals surface area (Å²) in [6, 6.07) is 0.354. The second kappa shape index (κ2) is 5.21. The average molecular weight is 225 g/mol. The van der Waals surface area contributed by atoms with Crippen LogP contribution in [0.4, 0.5) is 11.5 Å². The number of anilines is 2.